The number of rotatable bonds is 2. The number of aromatic nitrogens is 4. The lowest BCUT2D eigenvalue weighted by atomic mass is 10.0. The zero-order valence-electron chi connectivity index (χ0n) is 11.2. The molecule has 22 heavy (non-hydrogen) atoms. The van der Waals surface area contributed by atoms with Crippen molar-refractivity contribution in [3.63, 3.8) is 0 Å². The van der Waals surface area contributed by atoms with Crippen molar-refractivity contribution in [3.05, 3.63) is 52.6 Å². The quantitative estimate of drug-likeness (QED) is 0.453. The third kappa shape index (κ3) is 1.65. The maximum absolute atomic E-state index is 12.0. The van der Waals surface area contributed by atoms with Gasteiger partial charge in [0.15, 0.2) is 0 Å². The Bertz CT molecular complexity index is 1070. The number of carboxylic acid groups (broad SMARTS) is 1. The third-order valence-electron chi connectivity index (χ3n) is 3.69. The zero-order valence-corrected chi connectivity index (χ0v) is 11.2. The van der Waals surface area contributed by atoms with Crippen molar-refractivity contribution in [1.29, 1.82) is 0 Å². The maximum Gasteiger partial charge on any atom is 0.337 e. The summed E-state index contributed by atoms with van der Waals surface area (Å²) in [6.07, 6.45) is 2.98. The van der Waals surface area contributed by atoms with Gasteiger partial charge < -0.3 is 15.1 Å². The Morgan fingerprint density at radius 3 is 2.82 bits per heavy atom. The van der Waals surface area contributed by atoms with Gasteiger partial charge >= 0.3 is 5.97 Å². The number of nitrogens with zero attached hydrogens (tertiary/aromatic N) is 1. The van der Waals surface area contributed by atoms with Crippen LogP contribution in [0.15, 0.2) is 41.5 Å². The van der Waals surface area contributed by atoms with Crippen molar-refractivity contribution in [3.8, 4) is 11.3 Å². The Hall–Kier alpha value is -3.35. The summed E-state index contributed by atoms with van der Waals surface area (Å²) < 4.78 is 0. The largest absolute Gasteiger partial charge is 0.478 e. The molecule has 0 aliphatic carbocycles. The van der Waals surface area contributed by atoms with Crippen molar-refractivity contribution in [2.45, 2.75) is 0 Å². The summed E-state index contributed by atoms with van der Waals surface area (Å²) in [6.45, 7) is 0. The number of pyridine rings is 1. The van der Waals surface area contributed by atoms with Gasteiger partial charge in [0, 0.05) is 34.2 Å². The van der Waals surface area contributed by atoms with Crippen LogP contribution in [0.25, 0.3) is 33.1 Å². The molecule has 108 valence electrons. The minimum atomic E-state index is -1.08. The molecule has 0 aliphatic heterocycles. The minimum Gasteiger partial charge on any atom is -0.478 e. The summed E-state index contributed by atoms with van der Waals surface area (Å²) in [5, 5.41) is 17.2. The first-order chi connectivity index (χ1) is 10.6. The highest BCUT2D eigenvalue weighted by Crippen LogP contribution is 2.28. The first kappa shape index (κ1) is 12.4. The second-order valence-electron chi connectivity index (χ2n) is 4.94. The van der Waals surface area contributed by atoms with Gasteiger partial charge in [-0.2, -0.15) is 5.10 Å². The van der Waals surface area contributed by atoms with Crippen LogP contribution >= 0.6 is 0 Å². The van der Waals surface area contributed by atoms with Crippen LogP contribution in [-0.4, -0.2) is 31.2 Å². The van der Waals surface area contributed by atoms with E-state index in [0.717, 1.165) is 11.3 Å². The van der Waals surface area contributed by atoms with E-state index in [1.165, 1.54) is 6.20 Å². The van der Waals surface area contributed by atoms with Crippen molar-refractivity contribution in [2.24, 2.45) is 0 Å². The van der Waals surface area contributed by atoms with Gasteiger partial charge in [-0.3, -0.25) is 9.89 Å². The summed E-state index contributed by atoms with van der Waals surface area (Å²) in [5.74, 6) is -1.08. The van der Waals surface area contributed by atoms with Gasteiger partial charge in [0.2, 0.25) is 0 Å². The molecule has 0 spiro atoms. The van der Waals surface area contributed by atoms with Gasteiger partial charge in [-0.25, -0.2) is 4.79 Å². The fraction of sp³-hybridized carbons (Fsp3) is 0. The van der Waals surface area contributed by atoms with E-state index in [1.54, 1.807) is 12.3 Å². The lowest BCUT2D eigenvalue weighted by Gasteiger charge is -2.04. The second-order valence-corrected chi connectivity index (χ2v) is 4.94. The van der Waals surface area contributed by atoms with E-state index in [0.29, 0.717) is 16.3 Å². The molecule has 0 bridgehead atoms. The molecule has 0 unspecified atom stereocenters. The van der Waals surface area contributed by atoms with Crippen LogP contribution < -0.4 is 5.56 Å². The Balaban J connectivity index is 2.16. The molecule has 3 aromatic heterocycles. The number of hydrogen-bond acceptors (Lipinski definition) is 3. The number of fused-ring (bicyclic) bond motifs is 3. The molecule has 7 nitrogen and oxygen atoms in total. The molecule has 4 N–H and O–H groups in total. The monoisotopic (exact) mass is 294 g/mol. The molecule has 0 saturated carbocycles. The fourth-order valence-corrected chi connectivity index (χ4v) is 2.68. The predicted molar refractivity (Wildman–Crippen MR) is 81.0 cm³/mol. The van der Waals surface area contributed by atoms with Crippen molar-refractivity contribution >= 4 is 27.8 Å². The number of aromatic amines is 3. The number of benzene rings is 1. The number of carbonyl (C=O) groups is 1. The Morgan fingerprint density at radius 2 is 2.09 bits per heavy atom. The second kappa shape index (κ2) is 4.32. The van der Waals surface area contributed by atoms with E-state index in [4.69, 9.17) is 0 Å². The van der Waals surface area contributed by atoms with Gasteiger partial charge in [-0.05, 0) is 18.2 Å². The van der Waals surface area contributed by atoms with E-state index in [2.05, 4.69) is 20.2 Å². The highest BCUT2D eigenvalue weighted by molar-refractivity contribution is 6.15. The minimum absolute atomic E-state index is 0.0767. The fourth-order valence-electron chi connectivity index (χ4n) is 2.68. The van der Waals surface area contributed by atoms with Crippen LogP contribution in [0, 0.1) is 0 Å². The zero-order chi connectivity index (χ0) is 15.3. The van der Waals surface area contributed by atoms with Gasteiger partial charge in [0.05, 0.1) is 11.3 Å². The summed E-state index contributed by atoms with van der Waals surface area (Å²) in [6, 6.07) is 7.25. The predicted octanol–water partition coefficient (Wildman–Crippen LogP) is 2.10. The Labute approximate surface area is 122 Å². The molecule has 4 aromatic rings. The van der Waals surface area contributed by atoms with Crippen molar-refractivity contribution < 1.29 is 9.90 Å². The molecule has 4 rings (SSSR count). The lowest BCUT2D eigenvalue weighted by molar-refractivity contribution is 0.0699. The maximum atomic E-state index is 12.0. The lowest BCUT2D eigenvalue weighted by Crippen LogP contribution is -2.07. The standard InChI is InChI=1S/C15H10N4O3/c20-14-13-12(9(6-16-13)15(21)22)8-5-7(1-2-11(8)18-14)10-3-4-17-19-10/h1-6,16H,(H,17,19)(H,18,20)(H,21,22). The molecule has 0 atom stereocenters. The Kier molecular flexibility index (Phi) is 2.43. The topological polar surface area (TPSA) is 115 Å². The van der Waals surface area contributed by atoms with Gasteiger partial charge in [-0.1, -0.05) is 6.07 Å². The van der Waals surface area contributed by atoms with Crippen molar-refractivity contribution in [2.75, 3.05) is 0 Å². The van der Waals surface area contributed by atoms with E-state index < -0.39 is 5.97 Å². The van der Waals surface area contributed by atoms with Crippen LogP contribution in [0.4, 0.5) is 0 Å². The third-order valence-corrected chi connectivity index (χ3v) is 3.69. The molecular weight excluding hydrogens is 284 g/mol. The van der Waals surface area contributed by atoms with Crippen LogP contribution in [0.3, 0.4) is 0 Å². The summed E-state index contributed by atoms with van der Waals surface area (Å²) in [7, 11) is 0. The number of hydrogen-bond donors (Lipinski definition) is 4. The summed E-state index contributed by atoms with van der Waals surface area (Å²) in [4.78, 5) is 28.9. The van der Waals surface area contributed by atoms with Crippen LogP contribution in [0.5, 0.6) is 0 Å². The number of carboxylic acids is 1. The summed E-state index contributed by atoms with van der Waals surface area (Å²) in [5.41, 5.74) is 2.25. The highest BCUT2D eigenvalue weighted by Gasteiger charge is 2.16. The average molecular weight is 294 g/mol. The van der Waals surface area contributed by atoms with Crippen LogP contribution in [0.1, 0.15) is 10.4 Å². The van der Waals surface area contributed by atoms with E-state index >= 15 is 0 Å². The number of aromatic carboxylic acids is 1. The molecule has 3 heterocycles. The Morgan fingerprint density at radius 1 is 1.23 bits per heavy atom. The molecule has 0 fully saturated rings. The van der Waals surface area contributed by atoms with E-state index in [9.17, 15) is 14.7 Å². The normalized spacial score (nSPS) is 11.3. The molecule has 0 saturated heterocycles. The van der Waals surface area contributed by atoms with Gasteiger partial charge in [0.1, 0.15) is 5.52 Å². The molecule has 0 amide bonds. The molecule has 1 aromatic carbocycles. The SMILES string of the molecule is O=C(O)c1c[nH]c2c(=O)[nH]c3ccc(-c4ccn[nH]4)cc3c12. The summed E-state index contributed by atoms with van der Waals surface area (Å²) >= 11 is 0. The molecule has 7 heteroatoms. The highest BCUT2D eigenvalue weighted by atomic mass is 16.4. The average Bonchev–Trinajstić information content (AvgIpc) is 3.17. The smallest absolute Gasteiger partial charge is 0.337 e. The molecule has 0 aliphatic rings. The van der Waals surface area contributed by atoms with E-state index in [-0.39, 0.29) is 16.6 Å². The van der Waals surface area contributed by atoms with Crippen LogP contribution in [0.2, 0.25) is 0 Å². The van der Waals surface area contributed by atoms with E-state index in [1.807, 2.05) is 18.2 Å². The van der Waals surface area contributed by atoms with Crippen molar-refractivity contribution in [1.82, 2.24) is 20.2 Å². The number of nitrogens with one attached hydrogen (secondary N) is 3. The first-order valence-electron chi connectivity index (χ1n) is 6.55. The molecular formula is C15H10N4O3. The number of H-pyrrole nitrogens is 3. The van der Waals surface area contributed by atoms with Crippen LogP contribution in [-0.2, 0) is 0 Å². The first-order valence-corrected chi connectivity index (χ1v) is 6.55. The van der Waals surface area contributed by atoms with Gasteiger partial charge in [0.25, 0.3) is 5.56 Å². The van der Waals surface area contributed by atoms with Gasteiger partial charge in [-0.15, -0.1) is 0 Å². The molecule has 0 radical (unpaired) electrons.